The number of nitrogens with one attached hydrogen (secondary N) is 1. The van der Waals surface area contributed by atoms with Crippen LogP contribution in [0.2, 0.25) is 0 Å². The normalized spacial score (nSPS) is 29.8. The van der Waals surface area contributed by atoms with E-state index in [4.69, 9.17) is 0 Å². The van der Waals surface area contributed by atoms with Gasteiger partial charge in [0.05, 0.1) is 12.2 Å². The van der Waals surface area contributed by atoms with Crippen molar-refractivity contribution in [1.82, 2.24) is 4.72 Å². The Morgan fingerprint density at radius 3 is 2.08 bits per heavy atom. The number of hydrogen-bond donors (Lipinski definition) is 1. The van der Waals surface area contributed by atoms with Crippen molar-refractivity contribution >= 4 is 10.0 Å². The lowest BCUT2D eigenvalue weighted by Crippen LogP contribution is -2.48. The third-order valence-electron chi connectivity index (χ3n) is 1.98. The molecule has 0 aliphatic heterocycles. The lowest BCUT2D eigenvalue weighted by atomic mass is 9.80. The summed E-state index contributed by atoms with van der Waals surface area (Å²) in [6, 6.07) is -0.540. The molecule has 13 heavy (non-hydrogen) atoms. The molecule has 0 unspecified atom stereocenters. The third-order valence-corrected chi connectivity index (χ3v) is 2.74. The van der Waals surface area contributed by atoms with Crippen molar-refractivity contribution in [2.45, 2.75) is 25.1 Å². The predicted octanol–water partition coefficient (Wildman–Crippen LogP) is 0.877. The van der Waals surface area contributed by atoms with E-state index in [0.717, 1.165) is 6.26 Å². The molecule has 0 saturated heterocycles. The quantitative estimate of drug-likeness (QED) is 0.746. The van der Waals surface area contributed by atoms with Crippen LogP contribution in [0, 0.1) is 5.92 Å². The smallest absolute Gasteiger partial charge is 0.213 e. The summed E-state index contributed by atoms with van der Waals surface area (Å²) in [6.07, 6.45) is -3.53. The van der Waals surface area contributed by atoms with Crippen LogP contribution in [0.4, 0.5) is 13.2 Å². The van der Waals surface area contributed by atoms with E-state index in [9.17, 15) is 21.6 Å². The van der Waals surface area contributed by atoms with Crippen molar-refractivity contribution in [2.24, 2.45) is 5.92 Å². The standard InChI is InChI=1S/C6H10F3NO2S/c1-13(11,12)10-5-2-4(3-5)6(7,8)9/h4-5,10H,2-3H2,1H3. The van der Waals surface area contributed by atoms with E-state index >= 15 is 0 Å². The maximum absolute atomic E-state index is 11.9. The van der Waals surface area contributed by atoms with Gasteiger partial charge >= 0.3 is 6.18 Å². The van der Waals surface area contributed by atoms with Crippen molar-refractivity contribution in [3.05, 3.63) is 0 Å². The molecule has 78 valence electrons. The first kappa shape index (κ1) is 10.8. The first-order valence-corrected chi connectivity index (χ1v) is 5.61. The Morgan fingerprint density at radius 1 is 1.31 bits per heavy atom. The maximum atomic E-state index is 11.9. The largest absolute Gasteiger partial charge is 0.391 e. The minimum Gasteiger partial charge on any atom is -0.213 e. The summed E-state index contributed by atoms with van der Waals surface area (Å²) >= 11 is 0. The van der Waals surface area contributed by atoms with Crippen LogP contribution in [-0.2, 0) is 10.0 Å². The van der Waals surface area contributed by atoms with Crippen molar-refractivity contribution in [3.63, 3.8) is 0 Å². The summed E-state index contributed by atoms with van der Waals surface area (Å²) in [4.78, 5) is 0. The topological polar surface area (TPSA) is 46.2 Å². The molecule has 0 aromatic carbocycles. The van der Waals surface area contributed by atoms with Crippen LogP contribution < -0.4 is 4.72 Å². The molecule has 0 spiro atoms. The first-order valence-electron chi connectivity index (χ1n) is 3.72. The lowest BCUT2D eigenvalue weighted by molar-refractivity contribution is -0.197. The zero-order valence-corrected chi connectivity index (χ0v) is 7.74. The molecule has 1 fully saturated rings. The summed E-state index contributed by atoms with van der Waals surface area (Å²) in [6.45, 7) is 0. The van der Waals surface area contributed by atoms with Crippen LogP contribution in [0.3, 0.4) is 0 Å². The van der Waals surface area contributed by atoms with Gasteiger partial charge in [-0.25, -0.2) is 13.1 Å². The van der Waals surface area contributed by atoms with Gasteiger partial charge in [0.1, 0.15) is 0 Å². The molecule has 0 bridgehead atoms. The molecule has 1 rings (SSSR count). The molecule has 7 heteroatoms. The zero-order chi connectivity index (χ0) is 10.3. The molecule has 0 aromatic heterocycles. The van der Waals surface area contributed by atoms with Crippen LogP contribution in [0.25, 0.3) is 0 Å². The van der Waals surface area contributed by atoms with Gasteiger partial charge in [0.2, 0.25) is 10.0 Å². The van der Waals surface area contributed by atoms with E-state index in [2.05, 4.69) is 4.72 Å². The summed E-state index contributed by atoms with van der Waals surface area (Å²) in [5.74, 6) is -1.34. The number of alkyl halides is 3. The Balaban J connectivity index is 2.35. The lowest BCUT2D eigenvalue weighted by Gasteiger charge is -2.36. The molecule has 1 aliphatic rings. The van der Waals surface area contributed by atoms with Crippen LogP contribution in [0.1, 0.15) is 12.8 Å². The van der Waals surface area contributed by atoms with E-state index in [0.29, 0.717) is 0 Å². The molecule has 0 radical (unpaired) electrons. The fourth-order valence-corrected chi connectivity index (χ4v) is 2.08. The summed E-state index contributed by atoms with van der Waals surface area (Å²) in [5.41, 5.74) is 0. The van der Waals surface area contributed by atoms with Gasteiger partial charge in [-0.1, -0.05) is 0 Å². The van der Waals surface area contributed by atoms with E-state index in [-0.39, 0.29) is 12.8 Å². The van der Waals surface area contributed by atoms with Crippen molar-refractivity contribution in [3.8, 4) is 0 Å². The Bertz CT molecular complexity index is 279. The SMILES string of the molecule is CS(=O)(=O)NC1CC(C(F)(F)F)C1. The monoisotopic (exact) mass is 217 g/mol. The van der Waals surface area contributed by atoms with Crippen molar-refractivity contribution < 1.29 is 21.6 Å². The molecule has 0 atom stereocenters. The van der Waals surface area contributed by atoms with Crippen LogP contribution in [-0.4, -0.2) is 26.9 Å². The van der Waals surface area contributed by atoms with Gasteiger partial charge in [0.15, 0.2) is 0 Å². The Morgan fingerprint density at radius 2 is 1.77 bits per heavy atom. The average Bonchev–Trinajstić information content (AvgIpc) is 1.71. The fraction of sp³-hybridized carbons (Fsp3) is 1.00. The Hall–Kier alpha value is -0.300. The van der Waals surface area contributed by atoms with Gasteiger partial charge in [-0.2, -0.15) is 13.2 Å². The van der Waals surface area contributed by atoms with E-state index in [1.807, 2.05) is 0 Å². The van der Waals surface area contributed by atoms with Crippen molar-refractivity contribution in [2.75, 3.05) is 6.26 Å². The van der Waals surface area contributed by atoms with E-state index in [1.54, 1.807) is 0 Å². The summed E-state index contributed by atoms with van der Waals surface area (Å²) < 4.78 is 59.1. The Labute approximate surface area is 74.4 Å². The van der Waals surface area contributed by atoms with Gasteiger partial charge in [0, 0.05) is 6.04 Å². The van der Waals surface area contributed by atoms with E-state index < -0.39 is 28.2 Å². The van der Waals surface area contributed by atoms with E-state index in [1.165, 1.54) is 0 Å². The molecule has 0 amide bonds. The summed E-state index contributed by atoms with van der Waals surface area (Å²) in [7, 11) is -3.37. The highest BCUT2D eigenvalue weighted by atomic mass is 32.2. The van der Waals surface area contributed by atoms with Crippen LogP contribution >= 0.6 is 0 Å². The highest BCUT2D eigenvalue weighted by Crippen LogP contribution is 2.41. The molecule has 1 N–H and O–H groups in total. The second kappa shape index (κ2) is 3.13. The van der Waals surface area contributed by atoms with Gasteiger partial charge < -0.3 is 0 Å². The number of hydrogen-bond acceptors (Lipinski definition) is 2. The summed E-state index contributed by atoms with van der Waals surface area (Å²) in [5, 5.41) is 0. The number of sulfonamides is 1. The highest BCUT2D eigenvalue weighted by molar-refractivity contribution is 7.88. The first-order chi connectivity index (χ1) is 5.68. The molecular weight excluding hydrogens is 207 g/mol. The molecule has 3 nitrogen and oxygen atoms in total. The van der Waals surface area contributed by atoms with Crippen molar-refractivity contribution in [1.29, 1.82) is 0 Å². The molecule has 1 saturated carbocycles. The second-order valence-electron chi connectivity index (χ2n) is 3.30. The van der Waals surface area contributed by atoms with Gasteiger partial charge in [-0.05, 0) is 12.8 Å². The molecular formula is C6H10F3NO2S. The predicted molar refractivity (Wildman–Crippen MR) is 40.5 cm³/mol. The highest BCUT2D eigenvalue weighted by Gasteiger charge is 2.48. The van der Waals surface area contributed by atoms with Gasteiger partial charge in [-0.15, -0.1) is 0 Å². The van der Waals surface area contributed by atoms with Crippen LogP contribution in [0.5, 0.6) is 0 Å². The molecule has 1 aliphatic carbocycles. The number of halogens is 3. The second-order valence-corrected chi connectivity index (χ2v) is 5.08. The van der Waals surface area contributed by atoms with Gasteiger partial charge in [0.25, 0.3) is 0 Å². The zero-order valence-electron chi connectivity index (χ0n) is 6.93. The van der Waals surface area contributed by atoms with Crippen LogP contribution in [0.15, 0.2) is 0 Å². The minimum atomic E-state index is -4.18. The minimum absolute atomic E-state index is 0.142. The molecule has 0 aromatic rings. The fourth-order valence-electron chi connectivity index (χ4n) is 1.28. The third kappa shape index (κ3) is 3.15. The maximum Gasteiger partial charge on any atom is 0.391 e. The number of rotatable bonds is 2. The van der Waals surface area contributed by atoms with Gasteiger partial charge in [-0.3, -0.25) is 0 Å². The Kier molecular flexibility index (Phi) is 2.59. The average molecular weight is 217 g/mol. The molecule has 0 heterocycles.